The summed E-state index contributed by atoms with van der Waals surface area (Å²) in [5, 5.41) is 9.92. The lowest BCUT2D eigenvalue weighted by atomic mass is 9.91. The van der Waals surface area contributed by atoms with Crippen LogP contribution in [0.25, 0.3) is 5.65 Å². The van der Waals surface area contributed by atoms with Gasteiger partial charge in [-0.1, -0.05) is 29.8 Å². The standard InChI is InChI=1S/C19H16BrClN2O4/c1-2-27-19(26)17-18(23-10-11(20)7-8-15(23)22-17)13(9-16(24)25)12-5-3-4-6-14(12)21/h3-8,10,13H,2,9H2,1H3,(H,24,25). The van der Waals surface area contributed by atoms with Gasteiger partial charge in [-0.25, -0.2) is 9.78 Å². The summed E-state index contributed by atoms with van der Waals surface area (Å²) in [4.78, 5) is 28.5. The highest BCUT2D eigenvalue weighted by atomic mass is 79.9. The topological polar surface area (TPSA) is 80.9 Å². The van der Waals surface area contributed by atoms with Crippen molar-refractivity contribution in [2.24, 2.45) is 0 Å². The molecule has 3 rings (SSSR count). The summed E-state index contributed by atoms with van der Waals surface area (Å²) < 4.78 is 7.61. The average molecular weight is 452 g/mol. The fraction of sp³-hybridized carbons (Fsp3) is 0.211. The van der Waals surface area contributed by atoms with E-state index in [1.165, 1.54) is 0 Å². The molecule has 2 aromatic heterocycles. The summed E-state index contributed by atoms with van der Waals surface area (Å²) in [5.41, 5.74) is 1.63. The molecule has 1 unspecified atom stereocenters. The number of carbonyl (C=O) groups excluding carboxylic acids is 1. The molecule has 3 aromatic rings. The zero-order valence-corrected chi connectivity index (χ0v) is 16.7. The van der Waals surface area contributed by atoms with E-state index in [4.69, 9.17) is 16.3 Å². The van der Waals surface area contributed by atoms with Crippen molar-refractivity contribution in [3.8, 4) is 0 Å². The van der Waals surface area contributed by atoms with E-state index in [0.717, 1.165) is 4.47 Å². The second-order valence-electron chi connectivity index (χ2n) is 5.81. The van der Waals surface area contributed by atoms with Crippen molar-refractivity contribution in [2.45, 2.75) is 19.3 Å². The first-order valence-electron chi connectivity index (χ1n) is 8.23. The molecule has 0 saturated carbocycles. The number of nitrogens with zero attached hydrogens (tertiary/aromatic N) is 2. The Morgan fingerprint density at radius 3 is 2.70 bits per heavy atom. The van der Waals surface area contributed by atoms with Crippen molar-refractivity contribution in [1.82, 2.24) is 9.38 Å². The minimum atomic E-state index is -1.01. The Morgan fingerprint density at radius 1 is 1.30 bits per heavy atom. The summed E-state index contributed by atoms with van der Waals surface area (Å²) in [5.74, 6) is -2.30. The van der Waals surface area contributed by atoms with Gasteiger partial charge in [0.2, 0.25) is 0 Å². The van der Waals surface area contributed by atoms with Crippen molar-refractivity contribution < 1.29 is 19.4 Å². The van der Waals surface area contributed by atoms with Crippen molar-refractivity contribution >= 4 is 45.1 Å². The van der Waals surface area contributed by atoms with Crippen LogP contribution < -0.4 is 0 Å². The molecule has 6 nitrogen and oxygen atoms in total. The van der Waals surface area contributed by atoms with E-state index in [0.29, 0.717) is 21.9 Å². The minimum absolute atomic E-state index is 0.0844. The van der Waals surface area contributed by atoms with Crippen LogP contribution in [0.2, 0.25) is 5.02 Å². The number of imidazole rings is 1. The highest BCUT2D eigenvalue weighted by Crippen LogP contribution is 2.36. The Balaban J connectivity index is 2.31. The number of fused-ring (bicyclic) bond motifs is 1. The molecule has 0 aliphatic rings. The second kappa shape index (κ2) is 8.10. The molecule has 0 aliphatic carbocycles. The van der Waals surface area contributed by atoms with Gasteiger partial charge in [0, 0.05) is 21.6 Å². The number of benzene rings is 1. The van der Waals surface area contributed by atoms with Crippen LogP contribution in [0.4, 0.5) is 0 Å². The quantitative estimate of drug-likeness (QED) is 0.557. The van der Waals surface area contributed by atoms with Gasteiger partial charge in [0.15, 0.2) is 5.69 Å². The third-order valence-corrected chi connectivity index (χ3v) is 4.89. The number of pyridine rings is 1. The van der Waals surface area contributed by atoms with Crippen LogP contribution in [0.15, 0.2) is 47.1 Å². The third kappa shape index (κ3) is 3.99. The minimum Gasteiger partial charge on any atom is -0.481 e. The van der Waals surface area contributed by atoms with Crippen LogP contribution in [-0.2, 0) is 9.53 Å². The molecule has 1 aromatic carbocycles. The number of ether oxygens (including phenoxy) is 1. The summed E-state index contributed by atoms with van der Waals surface area (Å²) in [6.07, 6.45) is 1.49. The molecule has 0 saturated heterocycles. The first kappa shape index (κ1) is 19.4. The number of carboxylic acid groups (broad SMARTS) is 1. The van der Waals surface area contributed by atoms with Crippen molar-refractivity contribution in [2.75, 3.05) is 6.61 Å². The average Bonchev–Trinajstić information content (AvgIpc) is 2.99. The molecule has 1 N–H and O–H groups in total. The lowest BCUT2D eigenvalue weighted by Gasteiger charge is -2.18. The Hall–Kier alpha value is -2.38. The van der Waals surface area contributed by atoms with E-state index < -0.39 is 17.9 Å². The smallest absolute Gasteiger partial charge is 0.358 e. The van der Waals surface area contributed by atoms with Crippen molar-refractivity contribution in [3.05, 3.63) is 69.0 Å². The lowest BCUT2D eigenvalue weighted by Crippen LogP contribution is -2.16. The first-order valence-corrected chi connectivity index (χ1v) is 9.40. The number of rotatable bonds is 6. The van der Waals surface area contributed by atoms with Gasteiger partial charge in [-0.2, -0.15) is 0 Å². The maximum absolute atomic E-state index is 12.5. The molecular formula is C19H16BrClN2O4. The summed E-state index contributed by atoms with van der Waals surface area (Å²) in [6.45, 7) is 1.89. The molecular weight excluding hydrogens is 436 g/mol. The van der Waals surface area contributed by atoms with Crippen LogP contribution >= 0.6 is 27.5 Å². The van der Waals surface area contributed by atoms with Crippen molar-refractivity contribution in [1.29, 1.82) is 0 Å². The van der Waals surface area contributed by atoms with Gasteiger partial charge in [-0.05, 0) is 46.6 Å². The number of hydrogen-bond donors (Lipinski definition) is 1. The number of aromatic nitrogens is 2. The second-order valence-corrected chi connectivity index (χ2v) is 7.14. The van der Waals surface area contributed by atoms with E-state index in [1.54, 1.807) is 53.9 Å². The molecule has 1 atom stereocenters. The summed E-state index contributed by atoms with van der Waals surface area (Å²) in [7, 11) is 0. The normalized spacial score (nSPS) is 12.1. The molecule has 0 aliphatic heterocycles. The molecule has 140 valence electrons. The molecule has 0 spiro atoms. The van der Waals surface area contributed by atoms with Gasteiger partial charge in [-0.15, -0.1) is 0 Å². The monoisotopic (exact) mass is 450 g/mol. The number of carboxylic acids is 1. The molecule has 8 heteroatoms. The highest BCUT2D eigenvalue weighted by Gasteiger charge is 2.30. The van der Waals surface area contributed by atoms with E-state index in [9.17, 15) is 14.7 Å². The SMILES string of the molecule is CCOC(=O)c1nc2ccc(Br)cn2c1C(CC(=O)O)c1ccccc1Cl. The zero-order valence-electron chi connectivity index (χ0n) is 14.4. The van der Waals surface area contributed by atoms with Crippen molar-refractivity contribution in [3.63, 3.8) is 0 Å². The van der Waals surface area contributed by atoms with E-state index in [1.807, 2.05) is 0 Å². The number of halogens is 2. The van der Waals surface area contributed by atoms with Crippen LogP contribution in [0.3, 0.4) is 0 Å². The largest absolute Gasteiger partial charge is 0.481 e. The molecule has 27 heavy (non-hydrogen) atoms. The van der Waals surface area contributed by atoms with E-state index in [2.05, 4.69) is 20.9 Å². The molecule has 0 amide bonds. The van der Waals surface area contributed by atoms with Gasteiger partial charge in [0.1, 0.15) is 5.65 Å². The van der Waals surface area contributed by atoms with E-state index >= 15 is 0 Å². The number of aliphatic carboxylic acids is 1. The third-order valence-electron chi connectivity index (χ3n) is 4.08. The lowest BCUT2D eigenvalue weighted by molar-refractivity contribution is -0.137. The Bertz CT molecular complexity index is 1020. The molecule has 0 bridgehead atoms. The Kier molecular flexibility index (Phi) is 5.82. The summed E-state index contributed by atoms with van der Waals surface area (Å²) >= 11 is 9.75. The van der Waals surface area contributed by atoms with Crippen LogP contribution in [0.5, 0.6) is 0 Å². The predicted octanol–water partition coefficient (Wildman–Crippen LogP) is 4.53. The highest BCUT2D eigenvalue weighted by molar-refractivity contribution is 9.10. The van der Waals surface area contributed by atoms with Crippen LogP contribution in [0, 0.1) is 0 Å². The number of hydrogen-bond acceptors (Lipinski definition) is 4. The molecule has 2 heterocycles. The van der Waals surface area contributed by atoms with Gasteiger partial charge in [0.25, 0.3) is 0 Å². The summed E-state index contributed by atoms with van der Waals surface area (Å²) in [6, 6.07) is 10.5. The first-order chi connectivity index (χ1) is 12.9. The maximum atomic E-state index is 12.5. The Labute approximate surface area is 168 Å². The molecule has 0 radical (unpaired) electrons. The maximum Gasteiger partial charge on any atom is 0.358 e. The molecule has 0 fully saturated rings. The Morgan fingerprint density at radius 2 is 2.04 bits per heavy atom. The fourth-order valence-corrected chi connectivity index (χ4v) is 3.61. The zero-order chi connectivity index (χ0) is 19.6. The van der Waals surface area contributed by atoms with Crippen LogP contribution in [-0.4, -0.2) is 33.0 Å². The fourth-order valence-electron chi connectivity index (χ4n) is 3.01. The van der Waals surface area contributed by atoms with Gasteiger partial charge < -0.3 is 14.2 Å². The van der Waals surface area contributed by atoms with Gasteiger partial charge in [-0.3, -0.25) is 4.79 Å². The van der Waals surface area contributed by atoms with E-state index in [-0.39, 0.29) is 18.7 Å². The number of carbonyl (C=O) groups is 2. The number of esters is 1. The van der Waals surface area contributed by atoms with Gasteiger partial charge >= 0.3 is 11.9 Å². The van der Waals surface area contributed by atoms with Gasteiger partial charge in [0.05, 0.1) is 18.7 Å². The predicted molar refractivity (Wildman–Crippen MR) is 104 cm³/mol. The van der Waals surface area contributed by atoms with Crippen LogP contribution in [0.1, 0.15) is 41.0 Å².